The highest BCUT2D eigenvalue weighted by Gasteiger charge is 2.52. The van der Waals surface area contributed by atoms with Crippen LogP contribution in [0.25, 0.3) is 0 Å². The average molecular weight is 1260 g/mol. The fourth-order valence-corrected chi connectivity index (χ4v) is 4.85. The third-order valence-corrected chi connectivity index (χ3v) is 17.6. The molecular weight excluding hydrogens is 1140 g/mol. The first-order chi connectivity index (χ1) is 37.1. The normalized spacial score (nSPS) is 12.2. The van der Waals surface area contributed by atoms with E-state index in [2.05, 4.69) is 20.1 Å². The quantitative estimate of drug-likeness (QED) is 0.0561. The van der Waals surface area contributed by atoms with Gasteiger partial charge in [0.25, 0.3) is 0 Å². The zero-order chi connectivity index (χ0) is 72.2. The molecule has 0 bridgehead atoms. The van der Waals surface area contributed by atoms with Crippen molar-refractivity contribution in [2.45, 2.75) is 259 Å². The number of carboxylic acid groups (broad SMARTS) is 2. The number of aliphatic carboxylic acids is 2. The van der Waals surface area contributed by atoms with Crippen LogP contribution in [0.2, 0.25) is 0 Å². The number of carbonyl (C=O) groups is 12. The Morgan fingerprint density at radius 1 is 0.364 bits per heavy atom. The van der Waals surface area contributed by atoms with Crippen LogP contribution in [0.3, 0.4) is 0 Å². The van der Waals surface area contributed by atoms with E-state index >= 15 is 0 Å². The first kappa shape index (κ1) is 100. The van der Waals surface area contributed by atoms with E-state index in [0.717, 1.165) is 0 Å². The van der Waals surface area contributed by atoms with Crippen LogP contribution in [0.1, 0.15) is 236 Å². The number of nitrogens with one attached hydrogen (secondary N) is 2. The van der Waals surface area contributed by atoms with E-state index < -0.39 is 106 Å². The number of primary amides is 2. The van der Waals surface area contributed by atoms with Crippen LogP contribution in [0.15, 0.2) is 0 Å². The van der Waals surface area contributed by atoms with Gasteiger partial charge in [-0.1, -0.05) is 97.9 Å². The number of nitrogens with two attached hydrogens (primary N) is 4. The van der Waals surface area contributed by atoms with Crippen molar-refractivity contribution in [3.05, 3.63) is 0 Å². The first-order valence-corrected chi connectivity index (χ1v) is 27.5. The summed E-state index contributed by atoms with van der Waals surface area (Å²) in [5.74, 6) is -4.82. The fourth-order valence-electron chi connectivity index (χ4n) is 4.85. The van der Waals surface area contributed by atoms with Crippen LogP contribution in [0, 0.1) is 76.8 Å². The second-order valence-corrected chi connectivity index (χ2v) is 28.6. The van der Waals surface area contributed by atoms with Gasteiger partial charge in [-0.15, -0.1) is 0 Å². The molecule has 88 heavy (non-hydrogen) atoms. The molecule has 0 heterocycles. The molecule has 0 aliphatic carbocycles. The van der Waals surface area contributed by atoms with Crippen molar-refractivity contribution in [3.63, 3.8) is 0 Å². The van der Waals surface area contributed by atoms with E-state index in [1.165, 1.54) is 69.6 Å². The van der Waals surface area contributed by atoms with E-state index in [1.54, 1.807) is 166 Å². The molecule has 0 aliphatic heterocycles. The predicted octanol–water partition coefficient (Wildman–Crippen LogP) is 8.59. The Morgan fingerprint density at radius 2 is 0.557 bits per heavy atom. The SMILES string of the molecule is C.C.CC(=O)C(C)(C)C(C)(C)C(=O)NC(C)(C)C#N.CC(=O)C(C)(C)C(C)(C)C(=O)NC(C)(C)C(N)=O.CC(=O)C(C)(C)C(C)(C)C(=O)O.CC(C)(N)C#N.CC(C)(N)C(N)=O.COC(=O)C(C)(C)C(C)(C)C(=O)O.COC(=O)C(C)(C)C(C)(C)C(C)=O. The van der Waals surface area contributed by atoms with Crippen molar-refractivity contribution in [2.24, 2.45) is 77.1 Å². The van der Waals surface area contributed by atoms with Gasteiger partial charge in [0, 0.05) is 21.7 Å². The number of amides is 4. The minimum Gasteiger partial charge on any atom is -0.481 e. The van der Waals surface area contributed by atoms with Gasteiger partial charge in [0.1, 0.15) is 34.2 Å². The lowest BCUT2D eigenvalue weighted by molar-refractivity contribution is -0.170. The van der Waals surface area contributed by atoms with Crippen molar-refractivity contribution in [2.75, 3.05) is 14.2 Å². The van der Waals surface area contributed by atoms with Gasteiger partial charge in [-0.2, -0.15) is 10.5 Å². The van der Waals surface area contributed by atoms with Crippen LogP contribution < -0.4 is 33.6 Å². The maximum Gasteiger partial charge on any atom is 0.312 e. The van der Waals surface area contributed by atoms with Crippen LogP contribution in [0.4, 0.5) is 0 Å². The van der Waals surface area contributed by atoms with Crippen molar-refractivity contribution in [1.29, 1.82) is 10.5 Å². The number of carboxylic acids is 2. The molecule has 0 aliphatic rings. The molecule has 0 aromatic rings. The Bertz CT molecular complexity index is 2440. The average Bonchev–Trinajstić information content (AvgIpc) is 3.32. The minimum atomic E-state index is -1.14. The number of hydrogen-bond donors (Lipinski definition) is 8. The molecule has 0 aromatic heterocycles. The molecule has 0 saturated carbocycles. The summed E-state index contributed by atoms with van der Waals surface area (Å²) >= 11 is 0. The number of esters is 2. The van der Waals surface area contributed by atoms with Crippen LogP contribution in [-0.2, 0) is 67.0 Å². The van der Waals surface area contributed by atoms with E-state index in [4.69, 9.17) is 43.7 Å². The molecule has 0 rings (SSSR count). The molecule has 12 N–H and O–H groups in total. The maximum atomic E-state index is 12.3. The standard InChI is InChI=1S/C13H24N2O3.C13H22N2O2.C10H18O3.C9H16O4.C9H16O3.C4H10N2O.C4H8N2.2CH4/c1-8(16)11(2,3)12(4,5)10(18)15-13(6,7)9(14)17;1-9(16)12(4,5)13(6,7)10(17)15-11(2,3)8-14;1-7(11)9(2,3)10(4,5)8(12)13-6;1-8(2,6(10)11)9(3,4)7(12)13-5;1-6(10)8(2,3)9(4,5)7(11)12;1-4(2,6)3(5)7;1-4(2,6)3-5;;/h1-7H3,(H2,14,17)(H,15,18);1-7H3,(H,15,17);1-6H3;1-5H3,(H,10,11);1-5H3,(H,11,12);6H2,1-2H3,(H2,5,7);6H2,1-2H3;2*1H4. The number of nitrogens with zero attached hydrogens (tertiary/aromatic N) is 2. The van der Waals surface area contributed by atoms with E-state index in [0.29, 0.717) is 0 Å². The van der Waals surface area contributed by atoms with Gasteiger partial charge >= 0.3 is 23.9 Å². The summed E-state index contributed by atoms with van der Waals surface area (Å²) in [6, 6.07) is 3.89. The summed E-state index contributed by atoms with van der Waals surface area (Å²) in [6.45, 7) is 51.9. The van der Waals surface area contributed by atoms with Gasteiger partial charge in [-0.25, -0.2) is 0 Å². The first-order valence-electron chi connectivity index (χ1n) is 27.5. The molecule has 0 atom stereocenters. The number of rotatable bonds is 19. The molecule has 24 heteroatoms. The van der Waals surface area contributed by atoms with Gasteiger partial charge in [-0.3, -0.25) is 57.5 Å². The van der Waals surface area contributed by atoms with Crippen LogP contribution in [-0.4, -0.2) is 117 Å². The topological polar surface area (TPSA) is 439 Å². The van der Waals surface area contributed by atoms with Crippen LogP contribution in [0.5, 0.6) is 0 Å². The van der Waals surface area contributed by atoms with Crippen molar-refractivity contribution in [1.82, 2.24) is 10.6 Å². The van der Waals surface area contributed by atoms with E-state index in [-0.39, 0.29) is 55.8 Å². The predicted molar refractivity (Wildman–Crippen MR) is 344 cm³/mol. The summed E-state index contributed by atoms with van der Waals surface area (Å²) < 4.78 is 9.21. The molecule has 24 nitrogen and oxygen atoms in total. The van der Waals surface area contributed by atoms with Gasteiger partial charge in [0.15, 0.2) is 0 Å². The minimum absolute atomic E-state index is 0. The summed E-state index contributed by atoms with van der Waals surface area (Å²) in [5.41, 5.74) is 7.91. The Morgan fingerprint density at radius 3 is 0.716 bits per heavy atom. The summed E-state index contributed by atoms with van der Waals surface area (Å²) in [4.78, 5) is 136. The lowest BCUT2D eigenvalue weighted by Gasteiger charge is -2.40. The molecule has 514 valence electrons. The Balaban J connectivity index is -0.000000121. The molecule has 0 saturated heterocycles. The van der Waals surface area contributed by atoms with E-state index in [1.807, 2.05) is 12.1 Å². The Hall–Kier alpha value is -6.66. The van der Waals surface area contributed by atoms with Crippen molar-refractivity contribution < 1.29 is 77.2 Å². The van der Waals surface area contributed by atoms with Crippen molar-refractivity contribution in [3.8, 4) is 12.1 Å². The highest BCUT2D eigenvalue weighted by molar-refractivity contribution is 5.96. The molecule has 0 aromatic carbocycles. The summed E-state index contributed by atoms with van der Waals surface area (Å²) in [6.07, 6.45) is 0. The summed E-state index contributed by atoms with van der Waals surface area (Å²) in [7, 11) is 2.59. The van der Waals surface area contributed by atoms with Gasteiger partial charge in [0.05, 0.1) is 69.9 Å². The molecule has 0 radical (unpaired) electrons. The smallest absolute Gasteiger partial charge is 0.312 e. The number of hydrogen-bond acceptors (Lipinski definition) is 18. The highest BCUT2D eigenvalue weighted by atomic mass is 16.5. The van der Waals surface area contributed by atoms with E-state index in [9.17, 15) is 57.5 Å². The maximum absolute atomic E-state index is 12.3. The number of Topliss-reactive ketones (excluding diaryl/α,β-unsaturated/α-hetero) is 4. The molecule has 0 spiro atoms. The third-order valence-electron chi connectivity index (χ3n) is 17.6. The van der Waals surface area contributed by atoms with Crippen LogP contribution >= 0.6 is 0 Å². The monoisotopic (exact) mass is 1260 g/mol. The molecular formula is C64H122N8O16. The second-order valence-electron chi connectivity index (χ2n) is 28.6. The molecule has 0 unspecified atom stereocenters. The third kappa shape index (κ3) is 28.7. The Labute approximate surface area is 529 Å². The summed E-state index contributed by atoms with van der Waals surface area (Å²) in [5, 5.41) is 40.0. The lowest BCUT2D eigenvalue weighted by Crippen LogP contribution is -2.59. The zero-order valence-electron chi connectivity index (χ0n) is 58.8. The largest absolute Gasteiger partial charge is 0.481 e. The molecule has 4 amide bonds. The number of ketones is 4. The fraction of sp³-hybridized carbons (Fsp3) is 0.781. The second kappa shape index (κ2) is 35.5. The number of methoxy groups -OCH3 is 2. The van der Waals surface area contributed by atoms with Gasteiger partial charge in [-0.05, 0) is 138 Å². The van der Waals surface area contributed by atoms with Crippen molar-refractivity contribution >= 4 is 70.6 Å². The Kier molecular flexibility index (Phi) is 40.5. The molecule has 0 fully saturated rings. The van der Waals surface area contributed by atoms with Gasteiger partial charge in [0.2, 0.25) is 23.6 Å². The number of nitriles is 2. The number of ether oxygens (including phenoxy) is 2. The zero-order valence-corrected chi connectivity index (χ0v) is 58.8. The van der Waals surface area contributed by atoms with Gasteiger partial charge < -0.3 is 53.3 Å². The lowest BCUT2D eigenvalue weighted by atomic mass is 9.65. The highest BCUT2D eigenvalue weighted by Crippen LogP contribution is 2.43. The number of carbonyl (C=O) groups excluding carboxylic acids is 10.